The lowest BCUT2D eigenvalue weighted by Gasteiger charge is -2.25. The van der Waals surface area contributed by atoms with Gasteiger partial charge in [0, 0.05) is 16.6 Å². The van der Waals surface area contributed by atoms with E-state index in [2.05, 4.69) is 40.7 Å². The third-order valence-corrected chi connectivity index (χ3v) is 4.81. The van der Waals surface area contributed by atoms with Crippen molar-refractivity contribution in [3.63, 3.8) is 0 Å². The van der Waals surface area contributed by atoms with Gasteiger partial charge >= 0.3 is 0 Å². The van der Waals surface area contributed by atoms with E-state index in [1.165, 1.54) is 31.2 Å². The van der Waals surface area contributed by atoms with E-state index in [1.807, 2.05) is 6.26 Å². The number of thioether (sulfide) groups is 1. The van der Waals surface area contributed by atoms with E-state index in [4.69, 9.17) is 4.42 Å². The van der Waals surface area contributed by atoms with Crippen molar-refractivity contribution in [2.75, 3.05) is 0 Å². The monoisotopic (exact) mass is 288 g/mol. The standard InChI is InChI=1S/C12H17BrOS/c1-9-3-2-4-11(5-9)15-8-10-6-12(13)14-7-10/h6-7,9,11H,2-5,8H2,1H3. The minimum absolute atomic E-state index is 0.843. The van der Waals surface area contributed by atoms with Crippen LogP contribution in [0.1, 0.15) is 38.2 Å². The first-order chi connectivity index (χ1) is 7.24. The molecule has 3 heteroatoms. The minimum Gasteiger partial charge on any atom is -0.457 e. The molecule has 2 rings (SSSR count). The summed E-state index contributed by atoms with van der Waals surface area (Å²) in [5, 5.41) is 0.863. The fraction of sp³-hybridized carbons (Fsp3) is 0.667. The summed E-state index contributed by atoms with van der Waals surface area (Å²) in [6.45, 7) is 2.38. The number of halogens is 1. The molecule has 1 heterocycles. The van der Waals surface area contributed by atoms with Crippen LogP contribution in [0, 0.1) is 5.92 Å². The topological polar surface area (TPSA) is 13.1 Å². The average molecular weight is 289 g/mol. The molecule has 1 nitrogen and oxygen atoms in total. The number of rotatable bonds is 3. The summed E-state index contributed by atoms with van der Waals surface area (Å²) >= 11 is 5.42. The molecule has 1 saturated carbocycles. The zero-order valence-electron chi connectivity index (χ0n) is 9.04. The van der Waals surface area contributed by atoms with Gasteiger partial charge in [-0.3, -0.25) is 0 Å². The van der Waals surface area contributed by atoms with E-state index in [-0.39, 0.29) is 0 Å². The van der Waals surface area contributed by atoms with Crippen LogP contribution in [-0.4, -0.2) is 5.25 Å². The first-order valence-corrected chi connectivity index (χ1v) is 7.42. The van der Waals surface area contributed by atoms with Crippen molar-refractivity contribution in [2.45, 2.75) is 43.6 Å². The van der Waals surface area contributed by atoms with Gasteiger partial charge in [0.1, 0.15) is 0 Å². The Kier molecular flexibility index (Phi) is 4.21. The van der Waals surface area contributed by atoms with Crippen molar-refractivity contribution >= 4 is 27.7 Å². The van der Waals surface area contributed by atoms with Crippen molar-refractivity contribution in [1.82, 2.24) is 0 Å². The third kappa shape index (κ3) is 3.56. The van der Waals surface area contributed by atoms with E-state index < -0.39 is 0 Å². The zero-order chi connectivity index (χ0) is 10.7. The molecule has 0 aliphatic heterocycles. The summed E-state index contributed by atoms with van der Waals surface area (Å²) in [7, 11) is 0. The van der Waals surface area contributed by atoms with Crippen LogP contribution in [0.2, 0.25) is 0 Å². The summed E-state index contributed by atoms with van der Waals surface area (Å²) in [5.74, 6) is 2.01. The Labute approximate surface area is 104 Å². The summed E-state index contributed by atoms with van der Waals surface area (Å²) in [4.78, 5) is 0. The van der Waals surface area contributed by atoms with Crippen LogP contribution in [0.25, 0.3) is 0 Å². The highest BCUT2D eigenvalue weighted by Gasteiger charge is 2.19. The Morgan fingerprint density at radius 1 is 1.53 bits per heavy atom. The molecule has 1 aromatic heterocycles. The van der Waals surface area contributed by atoms with Gasteiger partial charge < -0.3 is 4.42 Å². The summed E-state index contributed by atoms with van der Waals surface area (Å²) in [6.07, 6.45) is 7.48. The Balaban J connectivity index is 1.77. The maximum atomic E-state index is 5.23. The van der Waals surface area contributed by atoms with Gasteiger partial charge in [0.2, 0.25) is 0 Å². The van der Waals surface area contributed by atoms with Gasteiger partial charge in [-0.05, 0) is 40.8 Å². The Morgan fingerprint density at radius 2 is 2.40 bits per heavy atom. The SMILES string of the molecule is CC1CCCC(SCc2coc(Br)c2)C1. The smallest absolute Gasteiger partial charge is 0.169 e. The van der Waals surface area contributed by atoms with Gasteiger partial charge in [0.15, 0.2) is 4.67 Å². The van der Waals surface area contributed by atoms with Gasteiger partial charge in [-0.1, -0.05) is 19.8 Å². The van der Waals surface area contributed by atoms with Crippen LogP contribution < -0.4 is 0 Å². The zero-order valence-corrected chi connectivity index (χ0v) is 11.4. The van der Waals surface area contributed by atoms with Crippen LogP contribution in [0.4, 0.5) is 0 Å². The van der Waals surface area contributed by atoms with E-state index in [1.54, 1.807) is 0 Å². The largest absolute Gasteiger partial charge is 0.457 e. The van der Waals surface area contributed by atoms with E-state index >= 15 is 0 Å². The molecule has 1 aromatic rings. The highest BCUT2D eigenvalue weighted by atomic mass is 79.9. The Bertz CT molecular complexity index is 310. The van der Waals surface area contributed by atoms with Crippen molar-refractivity contribution in [1.29, 1.82) is 0 Å². The molecular weight excluding hydrogens is 272 g/mol. The number of hydrogen-bond donors (Lipinski definition) is 0. The molecule has 0 amide bonds. The molecule has 15 heavy (non-hydrogen) atoms. The Hall–Kier alpha value is 0.110. The Morgan fingerprint density at radius 3 is 3.07 bits per heavy atom. The first-order valence-electron chi connectivity index (χ1n) is 5.58. The number of hydrogen-bond acceptors (Lipinski definition) is 2. The fourth-order valence-corrected chi connectivity index (χ4v) is 3.93. The predicted molar refractivity (Wildman–Crippen MR) is 69.1 cm³/mol. The van der Waals surface area contributed by atoms with Crippen LogP contribution in [0.15, 0.2) is 21.4 Å². The first kappa shape index (κ1) is 11.6. The molecule has 1 aliphatic carbocycles. The van der Waals surface area contributed by atoms with Crippen molar-refractivity contribution in [2.24, 2.45) is 5.92 Å². The van der Waals surface area contributed by atoms with Gasteiger partial charge in [-0.15, -0.1) is 0 Å². The predicted octanol–water partition coefficient (Wildman–Crippen LogP) is 4.85. The maximum absolute atomic E-state index is 5.23. The normalized spacial score (nSPS) is 26.8. The van der Waals surface area contributed by atoms with E-state index in [9.17, 15) is 0 Å². The molecule has 0 bridgehead atoms. The molecule has 1 fully saturated rings. The quantitative estimate of drug-likeness (QED) is 0.788. The third-order valence-electron chi connectivity index (χ3n) is 3.00. The van der Waals surface area contributed by atoms with Crippen LogP contribution in [-0.2, 0) is 5.75 Å². The van der Waals surface area contributed by atoms with Gasteiger partial charge in [-0.2, -0.15) is 11.8 Å². The molecule has 1 aliphatic rings. The molecule has 2 unspecified atom stereocenters. The van der Waals surface area contributed by atoms with Gasteiger partial charge in [0.05, 0.1) is 6.26 Å². The lowest BCUT2D eigenvalue weighted by atomic mass is 9.91. The second-order valence-corrected chi connectivity index (χ2v) is 6.53. The minimum atomic E-state index is 0.843. The molecule has 0 N–H and O–H groups in total. The molecule has 0 saturated heterocycles. The highest BCUT2D eigenvalue weighted by molar-refractivity contribution is 9.10. The van der Waals surface area contributed by atoms with Crippen LogP contribution in [0.5, 0.6) is 0 Å². The van der Waals surface area contributed by atoms with Gasteiger partial charge in [0.25, 0.3) is 0 Å². The lowest BCUT2D eigenvalue weighted by Crippen LogP contribution is -2.15. The lowest BCUT2D eigenvalue weighted by molar-refractivity contribution is 0.394. The van der Waals surface area contributed by atoms with Gasteiger partial charge in [-0.25, -0.2) is 0 Å². The molecule has 0 aromatic carbocycles. The van der Waals surface area contributed by atoms with E-state index in [0.717, 1.165) is 21.6 Å². The van der Waals surface area contributed by atoms with Crippen LogP contribution in [0.3, 0.4) is 0 Å². The number of furan rings is 1. The summed E-state index contributed by atoms with van der Waals surface area (Å²) in [6, 6.07) is 2.07. The average Bonchev–Trinajstić information content (AvgIpc) is 2.62. The second kappa shape index (κ2) is 5.44. The maximum Gasteiger partial charge on any atom is 0.169 e. The molecule has 2 atom stereocenters. The molecule has 0 radical (unpaired) electrons. The summed E-state index contributed by atoms with van der Waals surface area (Å²) < 4.78 is 6.07. The summed E-state index contributed by atoms with van der Waals surface area (Å²) in [5.41, 5.74) is 1.30. The molecule has 0 spiro atoms. The molecular formula is C12H17BrOS. The fourth-order valence-electron chi connectivity index (χ4n) is 2.17. The molecule has 84 valence electrons. The van der Waals surface area contributed by atoms with Crippen LogP contribution >= 0.6 is 27.7 Å². The second-order valence-electron chi connectivity index (χ2n) is 4.46. The van der Waals surface area contributed by atoms with Crippen molar-refractivity contribution in [3.05, 3.63) is 22.6 Å². The van der Waals surface area contributed by atoms with E-state index in [0.29, 0.717) is 0 Å². The van der Waals surface area contributed by atoms with Crippen molar-refractivity contribution < 1.29 is 4.42 Å². The highest BCUT2D eigenvalue weighted by Crippen LogP contribution is 2.33. The van der Waals surface area contributed by atoms with Crippen molar-refractivity contribution in [3.8, 4) is 0 Å².